The number of esters is 1. The number of rotatable bonds is 8. The van der Waals surface area contributed by atoms with Crippen LogP contribution >= 0.6 is 0 Å². The van der Waals surface area contributed by atoms with Gasteiger partial charge < -0.3 is 24.6 Å². The van der Waals surface area contributed by atoms with Gasteiger partial charge in [0.2, 0.25) is 0 Å². The maximum atomic E-state index is 12.9. The summed E-state index contributed by atoms with van der Waals surface area (Å²) in [5, 5.41) is 21.5. The molecule has 0 fully saturated rings. The number of ether oxygens (including phenoxy) is 1. The predicted octanol–water partition coefficient (Wildman–Crippen LogP) is 4.41. The van der Waals surface area contributed by atoms with Crippen LogP contribution in [-0.2, 0) is 4.74 Å². The molecule has 5 rings (SSSR count). The van der Waals surface area contributed by atoms with Gasteiger partial charge in [0.05, 0.1) is 42.0 Å². The average Bonchev–Trinajstić information content (AvgIpc) is 3.32. The van der Waals surface area contributed by atoms with Crippen molar-refractivity contribution in [2.45, 2.75) is 0 Å². The fourth-order valence-electron chi connectivity index (χ4n) is 4.55. The van der Waals surface area contributed by atoms with Gasteiger partial charge in [0.15, 0.2) is 5.88 Å². The van der Waals surface area contributed by atoms with E-state index in [2.05, 4.69) is 15.2 Å². The average molecular weight is 551 g/mol. The number of nitrogens with one attached hydrogen (secondary N) is 1. The number of carbonyl (C=O) groups is 2. The molecule has 5 aromatic rings. The second kappa shape index (κ2) is 11.6. The molecule has 2 N–H and O–H groups in total. The summed E-state index contributed by atoms with van der Waals surface area (Å²) in [6.07, 6.45) is 3.35. The molecule has 0 unspecified atom stereocenters. The number of benzene rings is 3. The van der Waals surface area contributed by atoms with Crippen LogP contribution in [0.5, 0.6) is 5.88 Å². The Bertz CT molecular complexity index is 1780. The largest absolute Gasteiger partial charge is 0.494 e. The van der Waals surface area contributed by atoms with E-state index in [-0.39, 0.29) is 11.8 Å². The molecule has 3 aromatic carbocycles. The minimum atomic E-state index is -0.478. The van der Waals surface area contributed by atoms with Crippen LogP contribution in [0.4, 0.5) is 5.69 Å². The molecule has 0 atom stereocenters. The minimum absolute atomic E-state index is 0.0751. The van der Waals surface area contributed by atoms with Gasteiger partial charge in [-0.1, -0.05) is 18.2 Å². The highest BCUT2D eigenvalue weighted by Gasteiger charge is 2.21. The van der Waals surface area contributed by atoms with Crippen molar-refractivity contribution in [3.8, 4) is 5.88 Å². The van der Waals surface area contributed by atoms with E-state index < -0.39 is 5.97 Å². The van der Waals surface area contributed by atoms with E-state index in [1.807, 2.05) is 37.2 Å². The van der Waals surface area contributed by atoms with Crippen LogP contribution in [0.2, 0.25) is 0 Å². The summed E-state index contributed by atoms with van der Waals surface area (Å²) in [5.41, 5.74) is 3.78. The van der Waals surface area contributed by atoms with Crippen molar-refractivity contribution in [3.05, 3.63) is 95.3 Å². The second-order valence-electron chi connectivity index (χ2n) is 9.97. The molecule has 0 aliphatic heterocycles. The van der Waals surface area contributed by atoms with Crippen molar-refractivity contribution in [2.24, 2.45) is 4.99 Å². The lowest BCUT2D eigenvalue weighted by Crippen LogP contribution is -2.33. The Morgan fingerprint density at radius 1 is 0.878 bits per heavy atom. The number of likely N-dealkylation sites (N-methyl/N-ethyl adjacent to an activating group) is 2. The number of carbonyl (C=O) groups excluding carboxylic acids is 2. The Hall–Kier alpha value is -5.09. The third kappa shape index (κ3) is 5.78. The molecular formula is C31H30N6O4. The van der Waals surface area contributed by atoms with Crippen LogP contribution < -0.4 is 0 Å². The normalized spacial score (nSPS) is 11.8. The molecule has 0 radical (unpaired) electrons. The standard InChI is InChI=1S/C31H30N6O4/c1-36(2)13-14-37(3)30(39)19-7-10-24(11-8-19)34-28(20-5-6-22-17-32-33-18-23(22)15-20)27-25-12-9-21(31(40)41-4)16-26(25)35-29(27)38/h5-12,15-18,35,38H,13-14H2,1-4H3. The lowest BCUT2D eigenvalue weighted by atomic mass is 9.98. The number of fused-ring (bicyclic) bond motifs is 2. The lowest BCUT2D eigenvalue weighted by molar-refractivity contribution is 0.0600. The van der Waals surface area contributed by atoms with E-state index >= 15 is 0 Å². The Balaban J connectivity index is 1.59. The molecule has 0 saturated carbocycles. The molecule has 1 amide bonds. The molecular weight excluding hydrogens is 520 g/mol. The number of H-pyrrole nitrogens is 1. The van der Waals surface area contributed by atoms with Crippen LogP contribution in [-0.4, -0.2) is 89.0 Å². The number of nitrogens with zero attached hydrogens (tertiary/aromatic N) is 5. The number of aromatic amines is 1. The van der Waals surface area contributed by atoms with Gasteiger partial charge in [0, 0.05) is 52.9 Å². The molecule has 0 bridgehead atoms. The number of aliphatic imine (C=N–C) groups is 1. The molecule has 2 heterocycles. The van der Waals surface area contributed by atoms with Crippen LogP contribution in [0.15, 0.2) is 78.0 Å². The van der Waals surface area contributed by atoms with Gasteiger partial charge in [-0.15, -0.1) is 0 Å². The summed E-state index contributed by atoms with van der Waals surface area (Å²) in [5.74, 6) is -0.647. The van der Waals surface area contributed by atoms with E-state index in [1.54, 1.807) is 66.8 Å². The van der Waals surface area contributed by atoms with E-state index in [0.29, 0.717) is 45.5 Å². The highest BCUT2D eigenvalue weighted by Crippen LogP contribution is 2.33. The zero-order valence-corrected chi connectivity index (χ0v) is 23.3. The monoisotopic (exact) mass is 550 g/mol. The van der Waals surface area contributed by atoms with Crippen molar-refractivity contribution in [1.29, 1.82) is 0 Å². The van der Waals surface area contributed by atoms with E-state index in [1.165, 1.54) is 7.11 Å². The SMILES string of the molecule is COC(=O)c1ccc2c(C(=Nc3ccc(C(=O)N(C)CCN(C)C)cc3)c3ccc4cnncc4c3)c(O)[nH]c2c1. The fraction of sp³-hybridized carbons (Fsp3) is 0.194. The second-order valence-corrected chi connectivity index (χ2v) is 9.97. The van der Waals surface area contributed by atoms with Crippen LogP contribution in [0.25, 0.3) is 21.7 Å². The number of methoxy groups -OCH3 is 1. The van der Waals surface area contributed by atoms with Crippen LogP contribution in [0.3, 0.4) is 0 Å². The highest BCUT2D eigenvalue weighted by molar-refractivity contribution is 6.22. The third-order valence-electron chi connectivity index (χ3n) is 6.84. The summed E-state index contributed by atoms with van der Waals surface area (Å²) in [4.78, 5) is 36.6. The Kier molecular flexibility index (Phi) is 7.75. The van der Waals surface area contributed by atoms with Gasteiger partial charge >= 0.3 is 5.97 Å². The van der Waals surface area contributed by atoms with Crippen molar-refractivity contribution in [1.82, 2.24) is 25.0 Å². The Morgan fingerprint density at radius 3 is 2.27 bits per heavy atom. The maximum absolute atomic E-state index is 12.9. The topological polar surface area (TPSA) is 124 Å². The molecule has 0 aliphatic rings. The third-order valence-corrected chi connectivity index (χ3v) is 6.84. The molecule has 0 spiro atoms. The first kappa shape index (κ1) is 27.5. The summed E-state index contributed by atoms with van der Waals surface area (Å²) in [7, 11) is 7.04. The van der Waals surface area contributed by atoms with Crippen LogP contribution in [0.1, 0.15) is 31.8 Å². The van der Waals surface area contributed by atoms with E-state index in [4.69, 9.17) is 9.73 Å². The Morgan fingerprint density at radius 2 is 1.56 bits per heavy atom. The molecule has 10 heteroatoms. The molecule has 0 saturated heterocycles. The van der Waals surface area contributed by atoms with Crippen molar-refractivity contribution >= 4 is 45.0 Å². The number of aromatic hydroxyl groups is 1. The minimum Gasteiger partial charge on any atom is -0.494 e. The first-order chi connectivity index (χ1) is 19.7. The van der Waals surface area contributed by atoms with E-state index in [0.717, 1.165) is 22.9 Å². The van der Waals surface area contributed by atoms with E-state index in [9.17, 15) is 14.7 Å². The summed E-state index contributed by atoms with van der Waals surface area (Å²) in [6.45, 7) is 1.38. The fourth-order valence-corrected chi connectivity index (χ4v) is 4.55. The number of aromatic nitrogens is 3. The summed E-state index contributed by atoms with van der Waals surface area (Å²) >= 11 is 0. The Labute approximate surface area is 236 Å². The predicted molar refractivity (Wildman–Crippen MR) is 158 cm³/mol. The highest BCUT2D eigenvalue weighted by atomic mass is 16.5. The quantitative estimate of drug-likeness (QED) is 0.217. The molecule has 2 aromatic heterocycles. The lowest BCUT2D eigenvalue weighted by Gasteiger charge is -2.19. The molecule has 208 valence electrons. The maximum Gasteiger partial charge on any atom is 0.337 e. The van der Waals surface area contributed by atoms with Gasteiger partial charge in [0.1, 0.15) is 0 Å². The van der Waals surface area contributed by atoms with Gasteiger partial charge in [-0.3, -0.25) is 4.79 Å². The molecule has 0 aliphatic carbocycles. The van der Waals surface area contributed by atoms with Gasteiger partial charge in [-0.05, 0) is 56.6 Å². The number of hydrogen-bond acceptors (Lipinski definition) is 8. The first-order valence-electron chi connectivity index (χ1n) is 13.0. The van der Waals surface area contributed by atoms with Gasteiger partial charge in [-0.25, -0.2) is 9.79 Å². The van der Waals surface area contributed by atoms with Gasteiger partial charge in [-0.2, -0.15) is 10.2 Å². The van der Waals surface area contributed by atoms with Crippen LogP contribution in [0, 0.1) is 0 Å². The van der Waals surface area contributed by atoms with Crippen molar-refractivity contribution in [2.75, 3.05) is 41.3 Å². The summed E-state index contributed by atoms with van der Waals surface area (Å²) < 4.78 is 4.84. The first-order valence-corrected chi connectivity index (χ1v) is 13.0. The smallest absolute Gasteiger partial charge is 0.337 e. The molecule has 10 nitrogen and oxygen atoms in total. The van der Waals surface area contributed by atoms with Gasteiger partial charge in [0.25, 0.3) is 5.91 Å². The zero-order chi connectivity index (χ0) is 29.1. The number of amides is 1. The summed E-state index contributed by atoms with van der Waals surface area (Å²) in [6, 6.07) is 17.8. The number of hydrogen-bond donors (Lipinski definition) is 2. The van der Waals surface area contributed by atoms with Crippen molar-refractivity contribution in [3.63, 3.8) is 0 Å². The zero-order valence-electron chi connectivity index (χ0n) is 23.3. The van der Waals surface area contributed by atoms with Crippen molar-refractivity contribution < 1.29 is 19.4 Å². The molecule has 41 heavy (non-hydrogen) atoms.